The molecule has 0 saturated carbocycles. The Labute approximate surface area is 153 Å². The highest BCUT2D eigenvalue weighted by atomic mass is 16.7. The molecule has 5 nitrogen and oxygen atoms in total. The topological polar surface area (TPSA) is 48.0 Å². The molecule has 2 aliphatic rings. The third-order valence-corrected chi connectivity index (χ3v) is 5.17. The molecule has 2 heterocycles. The fourth-order valence-corrected chi connectivity index (χ4v) is 3.69. The molecule has 0 spiro atoms. The Bertz CT molecular complexity index is 787. The molecule has 0 N–H and O–H groups in total. The van der Waals surface area contributed by atoms with Crippen LogP contribution in [0, 0.1) is 0 Å². The van der Waals surface area contributed by atoms with Gasteiger partial charge in [0, 0.05) is 24.6 Å². The summed E-state index contributed by atoms with van der Waals surface area (Å²) in [5, 5.41) is 0. The van der Waals surface area contributed by atoms with Gasteiger partial charge in [-0.05, 0) is 48.7 Å². The first-order chi connectivity index (χ1) is 12.7. The predicted molar refractivity (Wildman–Crippen MR) is 98.1 cm³/mol. The van der Waals surface area contributed by atoms with Crippen LogP contribution in [0.4, 0.5) is 0 Å². The number of amides is 1. The zero-order valence-electron chi connectivity index (χ0n) is 14.9. The number of carbonyl (C=O) groups excluding carboxylic acids is 1. The highest BCUT2D eigenvalue weighted by molar-refractivity contribution is 5.95. The number of hydrogen-bond acceptors (Lipinski definition) is 4. The van der Waals surface area contributed by atoms with Crippen LogP contribution < -0.4 is 14.2 Å². The molecule has 136 valence electrons. The molecule has 1 fully saturated rings. The Morgan fingerprint density at radius 1 is 1.08 bits per heavy atom. The van der Waals surface area contributed by atoms with Gasteiger partial charge in [-0.15, -0.1) is 0 Å². The minimum atomic E-state index is 0.0590. The monoisotopic (exact) mass is 353 g/mol. The van der Waals surface area contributed by atoms with Gasteiger partial charge in [0.05, 0.1) is 7.11 Å². The first-order valence-electron chi connectivity index (χ1n) is 9.07. The number of benzene rings is 2. The minimum absolute atomic E-state index is 0.0590. The van der Waals surface area contributed by atoms with Gasteiger partial charge in [-0.3, -0.25) is 4.79 Å². The van der Waals surface area contributed by atoms with Gasteiger partial charge in [-0.2, -0.15) is 0 Å². The fraction of sp³-hybridized carbons (Fsp3) is 0.381. The van der Waals surface area contributed by atoms with Gasteiger partial charge < -0.3 is 19.1 Å². The van der Waals surface area contributed by atoms with E-state index in [1.807, 2.05) is 29.2 Å². The smallest absolute Gasteiger partial charge is 0.254 e. The van der Waals surface area contributed by atoms with Crippen molar-refractivity contribution >= 4 is 5.91 Å². The number of nitrogens with zero attached hydrogens (tertiary/aromatic N) is 1. The van der Waals surface area contributed by atoms with E-state index < -0.39 is 0 Å². The van der Waals surface area contributed by atoms with Gasteiger partial charge in [-0.25, -0.2) is 0 Å². The van der Waals surface area contributed by atoms with Crippen LogP contribution in [0.3, 0.4) is 0 Å². The van der Waals surface area contributed by atoms with E-state index in [1.165, 1.54) is 5.56 Å². The lowest BCUT2D eigenvalue weighted by atomic mass is 9.94. The average molecular weight is 353 g/mol. The number of hydrogen-bond donors (Lipinski definition) is 0. The maximum absolute atomic E-state index is 13.0. The zero-order chi connectivity index (χ0) is 17.9. The summed E-state index contributed by atoms with van der Waals surface area (Å²) in [4.78, 5) is 15.0. The molecular weight excluding hydrogens is 330 g/mol. The van der Waals surface area contributed by atoms with Gasteiger partial charge in [-0.1, -0.05) is 18.6 Å². The lowest BCUT2D eigenvalue weighted by molar-refractivity contribution is 0.0754. The van der Waals surface area contributed by atoms with E-state index in [4.69, 9.17) is 14.2 Å². The molecule has 1 atom stereocenters. The third-order valence-electron chi connectivity index (χ3n) is 5.17. The fourth-order valence-electron chi connectivity index (χ4n) is 3.69. The molecule has 2 aromatic carbocycles. The number of fused-ring (bicyclic) bond motifs is 1. The zero-order valence-corrected chi connectivity index (χ0v) is 14.9. The highest BCUT2D eigenvalue weighted by Crippen LogP contribution is 2.34. The summed E-state index contributed by atoms with van der Waals surface area (Å²) < 4.78 is 16.0. The van der Waals surface area contributed by atoms with E-state index in [0.717, 1.165) is 38.1 Å². The Hall–Kier alpha value is -2.69. The van der Waals surface area contributed by atoms with Gasteiger partial charge in [0.1, 0.15) is 5.75 Å². The Morgan fingerprint density at radius 3 is 2.69 bits per heavy atom. The maximum atomic E-state index is 13.0. The van der Waals surface area contributed by atoms with E-state index in [1.54, 1.807) is 13.2 Å². The molecule has 26 heavy (non-hydrogen) atoms. The van der Waals surface area contributed by atoms with Gasteiger partial charge in [0.15, 0.2) is 11.5 Å². The first kappa shape index (κ1) is 16.8. The Morgan fingerprint density at radius 2 is 1.88 bits per heavy atom. The number of rotatable bonds is 3. The van der Waals surface area contributed by atoms with Crippen molar-refractivity contribution in [3.8, 4) is 17.2 Å². The molecule has 0 radical (unpaired) electrons. The summed E-state index contributed by atoms with van der Waals surface area (Å²) in [6.45, 7) is 1.75. The number of methoxy groups -OCH3 is 1. The van der Waals surface area contributed by atoms with Crippen LogP contribution in [0.5, 0.6) is 17.2 Å². The van der Waals surface area contributed by atoms with Crippen LogP contribution in [-0.2, 0) is 0 Å². The van der Waals surface area contributed by atoms with Crippen LogP contribution in [0.15, 0.2) is 42.5 Å². The van der Waals surface area contributed by atoms with Crippen molar-refractivity contribution in [3.05, 3.63) is 53.6 Å². The van der Waals surface area contributed by atoms with E-state index in [-0.39, 0.29) is 12.7 Å². The molecule has 0 aromatic heterocycles. The maximum Gasteiger partial charge on any atom is 0.254 e. The van der Waals surface area contributed by atoms with E-state index >= 15 is 0 Å². The van der Waals surface area contributed by atoms with Crippen LogP contribution in [0.25, 0.3) is 0 Å². The molecule has 1 saturated heterocycles. The van der Waals surface area contributed by atoms with Crippen LogP contribution in [-0.4, -0.2) is 37.8 Å². The van der Waals surface area contributed by atoms with Crippen LogP contribution in [0.2, 0.25) is 0 Å². The van der Waals surface area contributed by atoms with Crippen molar-refractivity contribution in [2.75, 3.05) is 27.0 Å². The molecule has 5 heteroatoms. The van der Waals surface area contributed by atoms with Crippen LogP contribution in [0.1, 0.15) is 41.1 Å². The van der Waals surface area contributed by atoms with Crippen molar-refractivity contribution in [3.63, 3.8) is 0 Å². The predicted octanol–water partition coefficient (Wildman–Crippen LogP) is 3.83. The summed E-state index contributed by atoms with van der Waals surface area (Å²) in [5.74, 6) is 2.62. The van der Waals surface area contributed by atoms with Crippen LogP contribution >= 0.6 is 0 Å². The number of likely N-dealkylation sites (tertiary alicyclic amines) is 1. The summed E-state index contributed by atoms with van der Waals surface area (Å²) in [5.41, 5.74) is 1.92. The normalized spacial score (nSPS) is 19.1. The minimum Gasteiger partial charge on any atom is -0.497 e. The van der Waals surface area contributed by atoms with Gasteiger partial charge >= 0.3 is 0 Å². The van der Waals surface area contributed by atoms with Crippen molar-refractivity contribution in [1.29, 1.82) is 0 Å². The molecule has 1 amide bonds. The van der Waals surface area contributed by atoms with Crippen molar-refractivity contribution in [1.82, 2.24) is 4.90 Å². The second kappa shape index (κ2) is 7.28. The second-order valence-corrected chi connectivity index (χ2v) is 6.79. The quantitative estimate of drug-likeness (QED) is 0.841. The third kappa shape index (κ3) is 3.34. The van der Waals surface area contributed by atoms with E-state index in [9.17, 15) is 4.79 Å². The standard InChI is InChI=1S/C21H23NO4/c1-24-18-8-5-15(6-9-18)17-4-2-3-11-22(13-17)21(23)16-7-10-19-20(12-16)26-14-25-19/h5-10,12,17H,2-4,11,13-14H2,1H3. The van der Waals surface area contributed by atoms with Crippen molar-refractivity contribution < 1.29 is 19.0 Å². The SMILES string of the molecule is COc1ccc(C2CCCCN(C(=O)c3ccc4c(c3)OCO4)C2)cc1. The molecular formula is C21H23NO4. The summed E-state index contributed by atoms with van der Waals surface area (Å²) in [7, 11) is 1.67. The summed E-state index contributed by atoms with van der Waals surface area (Å²) in [6, 6.07) is 13.6. The molecule has 2 aromatic rings. The largest absolute Gasteiger partial charge is 0.497 e. The van der Waals surface area contributed by atoms with E-state index in [2.05, 4.69) is 12.1 Å². The molecule has 0 bridgehead atoms. The van der Waals surface area contributed by atoms with Crippen molar-refractivity contribution in [2.24, 2.45) is 0 Å². The summed E-state index contributed by atoms with van der Waals surface area (Å²) >= 11 is 0. The summed E-state index contributed by atoms with van der Waals surface area (Å²) in [6.07, 6.45) is 3.25. The second-order valence-electron chi connectivity index (χ2n) is 6.79. The average Bonchev–Trinajstić information content (AvgIpc) is 3.02. The molecule has 0 aliphatic carbocycles. The van der Waals surface area contributed by atoms with Gasteiger partial charge in [0.25, 0.3) is 5.91 Å². The highest BCUT2D eigenvalue weighted by Gasteiger charge is 2.25. The number of ether oxygens (including phenoxy) is 3. The Kier molecular flexibility index (Phi) is 4.69. The van der Waals surface area contributed by atoms with E-state index in [0.29, 0.717) is 23.0 Å². The lowest BCUT2D eigenvalue weighted by Crippen LogP contribution is -2.34. The molecule has 1 unspecified atom stereocenters. The van der Waals surface area contributed by atoms with Crippen molar-refractivity contribution in [2.45, 2.75) is 25.2 Å². The van der Waals surface area contributed by atoms with Gasteiger partial charge in [0.2, 0.25) is 6.79 Å². The Balaban J connectivity index is 1.52. The molecule has 2 aliphatic heterocycles. The number of carbonyl (C=O) groups is 1. The lowest BCUT2D eigenvalue weighted by Gasteiger charge is -2.25. The molecule has 4 rings (SSSR count). The first-order valence-corrected chi connectivity index (χ1v) is 9.07.